The van der Waals surface area contributed by atoms with Crippen LogP contribution in [-0.4, -0.2) is 28.5 Å². The van der Waals surface area contributed by atoms with E-state index in [4.69, 9.17) is 10.1 Å². The van der Waals surface area contributed by atoms with E-state index in [0.717, 1.165) is 0 Å². The van der Waals surface area contributed by atoms with Gasteiger partial charge in [0.25, 0.3) is 0 Å². The number of ketones is 1. The molecule has 90 valence electrons. The summed E-state index contributed by atoms with van der Waals surface area (Å²) in [6.45, 7) is 8.38. The highest BCUT2D eigenvalue weighted by Crippen LogP contribution is 2.36. The van der Waals surface area contributed by atoms with Crippen LogP contribution in [0.3, 0.4) is 0 Å². The Balaban J connectivity index is 2.77. The molecular formula is C12H20N2O2. The molecule has 0 radical (unpaired) electrons. The van der Waals surface area contributed by atoms with Crippen LogP contribution in [0.5, 0.6) is 0 Å². The van der Waals surface area contributed by atoms with Crippen LogP contribution in [-0.2, 0) is 9.63 Å². The highest BCUT2D eigenvalue weighted by Gasteiger charge is 2.45. The first-order valence-electron chi connectivity index (χ1n) is 5.61. The van der Waals surface area contributed by atoms with Crippen LogP contribution in [0.4, 0.5) is 0 Å². The Hall–Kier alpha value is -0.920. The van der Waals surface area contributed by atoms with Gasteiger partial charge in [-0.1, -0.05) is 0 Å². The molecule has 16 heavy (non-hydrogen) atoms. The number of Topliss-reactive ketones (excluding diaryl/α,β-unsaturated/α-hetero) is 1. The Morgan fingerprint density at radius 1 is 1.31 bits per heavy atom. The molecule has 1 aliphatic heterocycles. The van der Waals surface area contributed by atoms with Gasteiger partial charge in [-0.05, 0) is 27.7 Å². The van der Waals surface area contributed by atoms with Crippen molar-refractivity contribution in [2.45, 2.75) is 58.0 Å². The normalized spacial score (nSPS) is 24.1. The van der Waals surface area contributed by atoms with Crippen molar-refractivity contribution in [3.05, 3.63) is 0 Å². The molecule has 4 nitrogen and oxygen atoms in total. The second-order valence-electron chi connectivity index (χ2n) is 5.55. The molecule has 1 aliphatic rings. The lowest BCUT2D eigenvalue weighted by atomic mass is 9.81. The minimum atomic E-state index is -0.297. The number of rotatable bonds is 3. The molecule has 0 N–H and O–H groups in total. The topological polar surface area (TPSA) is 53.3 Å². The van der Waals surface area contributed by atoms with E-state index in [0.29, 0.717) is 25.9 Å². The smallest absolute Gasteiger partial charge is 0.136 e. The fourth-order valence-corrected chi connectivity index (χ4v) is 2.52. The van der Waals surface area contributed by atoms with Gasteiger partial charge in [-0.3, -0.25) is 9.63 Å². The maximum atomic E-state index is 11.6. The highest BCUT2D eigenvalue weighted by atomic mass is 16.7. The number of piperidine rings is 1. The third-order valence-electron chi connectivity index (χ3n) is 2.79. The number of hydrogen-bond donors (Lipinski definition) is 0. The third-order valence-corrected chi connectivity index (χ3v) is 2.79. The Morgan fingerprint density at radius 2 is 1.81 bits per heavy atom. The van der Waals surface area contributed by atoms with E-state index in [9.17, 15) is 4.79 Å². The summed E-state index contributed by atoms with van der Waals surface area (Å²) in [6.07, 6.45) is 1.38. The van der Waals surface area contributed by atoms with Gasteiger partial charge < -0.3 is 0 Å². The molecule has 0 aliphatic carbocycles. The monoisotopic (exact) mass is 224 g/mol. The fraction of sp³-hybridized carbons (Fsp3) is 0.833. The lowest BCUT2D eigenvalue weighted by Gasteiger charge is -2.50. The van der Waals surface area contributed by atoms with Gasteiger partial charge in [0.2, 0.25) is 0 Å². The summed E-state index contributed by atoms with van der Waals surface area (Å²) in [5.74, 6) is 0.273. The molecule has 0 unspecified atom stereocenters. The molecule has 0 amide bonds. The van der Waals surface area contributed by atoms with Crippen molar-refractivity contribution < 1.29 is 9.63 Å². The number of carbonyl (C=O) groups excluding carboxylic acids is 1. The molecule has 0 aromatic rings. The van der Waals surface area contributed by atoms with Gasteiger partial charge in [0.05, 0.1) is 19.1 Å². The van der Waals surface area contributed by atoms with Crippen molar-refractivity contribution in [1.82, 2.24) is 5.06 Å². The van der Waals surface area contributed by atoms with Gasteiger partial charge in [0, 0.05) is 23.9 Å². The molecule has 0 spiro atoms. The quantitative estimate of drug-likeness (QED) is 0.688. The molecule has 0 aromatic carbocycles. The van der Waals surface area contributed by atoms with E-state index in [2.05, 4.69) is 6.07 Å². The van der Waals surface area contributed by atoms with Crippen molar-refractivity contribution in [3.63, 3.8) is 0 Å². The van der Waals surface area contributed by atoms with Crippen LogP contribution in [0, 0.1) is 11.3 Å². The van der Waals surface area contributed by atoms with Gasteiger partial charge in [0.15, 0.2) is 0 Å². The summed E-state index contributed by atoms with van der Waals surface area (Å²) in [6, 6.07) is 2.05. The van der Waals surface area contributed by atoms with E-state index >= 15 is 0 Å². The molecule has 0 bridgehead atoms. The Morgan fingerprint density at radius 3 is 2.25 bits per heavy atom. The van der Waals surface area contributed by atoms with E-state index in [-0.39, 0.29) is 16.9 Å². The number of hydrogen-bond acceptors (Lipinski definition) is 4. The number of carbonyl (C=O) groups is 1. The lowest BCUT2D eigenvalue weighted by molar-refractivity contribution is -0.273. The average molecular weight is 224 g/mol. The Kier molecular flexibility index (Phi) is 3.72. The predicted octanol–water partition coefficient (Wildman–Crippen LogP) is 2.05. The molecule has 1 saturated heterocycles. The number of nitrogens with zero attached hydrogens (tertiary/aromatic N) is 2. The van der Waals surface area contributed by atoms with Crippen molar-refractivity contribution in [1.29, 1.82) is 5.26 Å². The summed E-state index contributed by atoms with van der Waals surface area (Å²) < 4.78 is 0. The van der Waals surface area contributed by atoms with Crippen LogP contribution < -0.4 is 0 Å². The average Bonchev–Trinajstić information content (AvgIpc) is 2.07. The summed E-state index contributed by atoms with van der Waals surface area (Å²) in [7, 11) is 0. The minimum absolute atomic E-state index is 0.273. The van der Waals surface area contributed by atoms with Crippen molar-refractivity contribution in [2.24, 2.45) is 0 Å². The zero-order valence-corrected chi connectivity index (χ0v) is 10.5. The molecule has 1 heterocycles. The standard InChI is InChI=1S/C12H20N2O2/c1-11(2)8-10(15)9-12(3,4)14(11)16-7-5-6-13/h5,7-9H2,1-4H3. The van der Waals surface area contributed by atoms with E-state index in [1.807, 2.05) is 32.8 Å². The van der Waals surface area contributed by atoms with E-state index < -0.39 is 0 Å². The van der Waals surface area contributed by atoms with Crippen molar-refractivity contribution in [3.8, 4) is 6.07 Å². The largest absolute Gasteiger partial charge is 0.300 e. The second-order valence-corrected chi connectivity index (χ2v) is 5.55. The van der Waals surface area contributed by atoms with Crippen molar-refractivity contribution in [2.75, 3.05) is 6.61 Å². The second kappa shape index (κ2) is 4.52. The highest BCUT2D eigenvalue weighted by molar-refractivity contribution is 5.81. The molecule has 1 rings (SSSR count). The zero-order chi connectivity index (χ0) is 12.4. The SMILES string of the molecule is CC1(C)CC(=O)CC(C)(C)N1OCCC#N. The number of nitriles is 1. The summed E-state index contributed by atoms with van der Waals surface area (Å²) in [5.41, 5.74) is -0.595. The summed E-state index contributed by atoms with van der Waals surface area (Å²) in [5, 5.41) is 10.4. The van der Waals surface area contributed by atoms with E-state index in [1.54, 1.807) is 0 Å². The van der Waals surface area contributed by atoms with Crippen molar-refractivity contribution >= 4 is 5.78 Å². The summed E-state index contributed by atoms with van der Waals surface area (Å²) >= 11 is 0. The summed E-state index contributed by atoms with van der Waals surface area (Å²) in [4.78, 5) is 17.3. The number of hydroxylamine groups is 2. The molecule has 1 fully saturated rings. The van der Waals surface area contributed by atoms with Crippen LogP contribution >= 0.6 is 0 Å². The first-order valence-corrected chi connectivity index (χ1v) is 5.61. The lowest BCUT2D eigenvalue weighted by Crippen LogP contribution is -2.60. The fourth-order valence-electron chi connectivity index (χ4n) is 2.52. The zero-order valence-electron chi connectivity index (χ0n) is 10.5. The van der Waals surface area contributed by atoms with Gasteiger partial charge in [-0.15, -0.1) is 0 Å². The van der Waals surface area contributed by atoms with Crippen LogP contribution in [0.2, 0.25) is 0 Å². The van der Waals surface area contributed by atoms with Gasteiger partial charge >= 0.3 is 0 Å². The maximum Gasteiger partial charge on any atom is 0.136 e. The van der Waals surface area contributed by atoms with Crippen LogP contribution in [0.1, 0.15) is 47.0 Å². The maximum absolute atomic E-state index is 11.6. The van der Waals surface area contributed by atoms with Crippen LogP contribution in [0.15, 0.2) is 0 Å². The molecular weight excluding hydrogens is 204 g/mol. The third kappa shape index (κ3) is 2.81. The molecule has 4 heteroatoms. The van der Waals surface area contributed by atoms with E-state index in [1.165, 1.54) is 0 Å². The minimum Gasteiger partial charge on any atom is -0.300 e. The van der Waals surface area contributed by atoms with Crippen LogP contribution in [0.25, 0.3) is 0 Å². The molecule has 0 aromatic heterocycles. The van der Waals surface area contributed by atoms with Gasteiger partial charge in [-0.25, -0.2) is 0 Å². The predicted molar refractivity (Wildman–Crippen MR) is 60.4 cm³/mol. The van der Waals surface area contributed by atoms with Gasteiger partial charge in [-0.2, -0.15) is 10.3 Å². The molecule has 0 atom stereocenters. The molecule has 0 saturated carbocycles. The first kappa shape index (κ1) is 13.1. The first-order chi connectivity index (χ1) is 7.29. The Labute approximate surface area is 97.1 Å². The van der Waals surface area contributed by atoms with Gasteiger partial charge in [0.1, 0.15) is 5.78 Å². The Bertz CT molecular complexity index is 295.